The van der Waals surface area contributed by atoms with E-state index in [2.05, 4.69) is 17.2 Å². The lowest BCUT2D eigenvalue weighted by Gasteiger charge is -2.12. The first-order valence-electron chi connectivity index (χ1n) is 5.56. The van der Waals surface area contributed by atoms with Crippen molar-refractivity contribution in [2.24, 2.45) is 0 Å². The van der Waals surface area contributed by atoms with Gasteiger partial charge >= 0.3 is 0 Å². The van der Waals surface area contributed by atoms with E-state index < -0.39 is 10.0 Å². The van der Waals surface area contributed by atoms with Crippen molar-refractivity contribution in [2.45, 2.75) is 4.90 Å². The smallest absolute Gasteiger partial charge is 0.242 e. The zero-order chi connectivity index (χ0) is 14.5. The minimum atomic E-state index is -3.39. The largest absolute Gasteiger partial charge is 0.359 e. The van der Waals surface area contributed by atoms with Gasteiger partial charge in [-0.05, 0) is 36.5 Å². The minimum absolute atomic E-state index is 0.244. The zero-order valence-corrected chi connectivity index (χ0v) is 12.5. The number of sulfonamides is 1. The lowest BCUT2D eigenvalue weighted by Crippen LogP contribution is -2.28. The fraction of sp³-hybridized carbons (Fsp3) is 0.250. The summed E-state index contributed by atoms with van der Waals surface area (Å²) in [4.78, 5) is 0.244. The average molecular weight is 299 g/mol. The predicted octanol–water partition coefficient (Wildman–Crippen LogP) is 1.41. The molecule has 0 radical (unpaired) electrons. The molecule has 1 aromatic rings. The molecule has 0 aromatic heterocycles. The highest BCUT2D eigenvalue weighted by molar-refractivity contribution is 7.89. The Kier molecular flexibility index (Phi) is 5.46. The second-order valence-electron chi connectivity index (χ2n) is 3.94. The number of anilines is 1. The molecule has 0 aliphatic rings. The van der Waals surface area contributed by atoms with Crippen molar-refractivity contribution in [3.63, 3.8) is 0 Å². The quantitative estimate of drug-likeness (QED) is 0.636. The lowest BCUT2D eigenvalue weighted by atomic mass is 10.3. The van der Waals surface area contributed by atoms with Crippen LogP contribution in [-0.4, -0.2) is 38.5 Å². The number of hydrogen-bond acceptors (Lipinski definition) is 3. The maximum absolute atomic E-state index is 11.9. The molecular weight excluding hydrogens is 282 g/mol. The molecule has 104 valence electrons. The molecule has 1 rings (SSSR count). The molecule has 0 amide bonds. The summed E-state index contributed by atoms with van der Waals surface area (Å²) >= 11 is 5.05. The van der Waals surface area contributed by atoms with Gasteiger partial charge in [-0.15, -0.1) is 6.58 Å². The van der Waals surface area contributed by atoms with Crippen molar-refractivity contribution in [2.75, 3.05) is 26.0 Å². The van der Waals surface area contributed by atoms with Crippen molar-refractivity contribution in [1.29, 1.82) is 0 Å². The van der Waals surface area contributed by atoms with Crippen LogP contribution in [0.3, 0.4) is 0 Å². The van der Waals surface area contributed by atoms with Crippen LogP contribution in [0, 0.1) is 0 Å². The summed E-state index contributed by atoms with van der Waals surface area (Å²) in [6.45, 7) is 4.14. The number of hydrogen-bond donors (Lipinski definition) is 2. The third kappa shape index (κ3) is 4.30. The Labute approximate surface area is 119 Å². The van der Waals surface area contributed by atoms with Gasteiger partial charge in [0, 0.05) is 26.3 Å². The first kappa shape index (κ1) is 15.6. The molecule has 19 heavy (non-hydrogen) atoms. The molecule has 0 saturated carbocycles. The molecule has 2 N–H and O–H groups in total. The fourth-order valence-corrected chi connectivity index (χ4v) is 2.36. The Morgan fingerprint density at radius 2 is 1.95 bits per heavy atom. The van der Waals surface area contributed by atoms with Gasteiger partial charge in [0.25, 0.3) is 0 Å². The standard InChI is InChI=1S/C12H17N3O2S2/c1-4-9-13-12(18)14-10-5-7-11(8-6-10)19(16,17)15(2)3/h4-8H,1,9H2,2-3H3,(H2,13,14,18). The number of benzene rings is 1. The van der Waals surface area contributed by atoms with Crippen LogP contribution in [0.4, 0.5) is 5.69 Å². The number of nitrogens with one attached hydrogen (secondary N) is 2. The Hall–Kier alpha value is -1.44. The molecule has 0 saturated heterocycles. The minimum Gasteiger partial charge on any atom is -0.359 e. The average Bonchev–Trinajstić information content (AvgIpc) is 2.36. The Bertz CT molecular complexity index is 551. The lowest BCUT2D eigenvalue weighted by molar-refractivity contribution is 0.521. The second-order valence-corrected chi connectivity index (χ2v) is 6.50. The summed E-state index contributed by atoms with van der Waals surface area (Å²) in [6, 6.07) is 6.40. The van der Waals surface area contributed by atoms with Crippen LogP contribution in [0.5, 0.6) is 0 Å². The molecule has 0 spiro atoms. The molecule has 0 unspecified atom stereocenters. The fourth-order valence-electron chi connectivity index (χ4n) is 1.26. The first-order chi connectivity index (χ1) is 8.87. The molecule has 7 heteroatoms. The molecule has 0 heterocycles. The Balaban J connectivity index is 2.77. The molecule has 1 aromatic carbocycles. The molecule has 0 fully saturated rings. The van der Waals surface area contributed by atoms with E-state index in [0.29, 0.717) is 11.7 Å². The summed E-state index contributed by atoms with van der Waals surface area (Å²) < 4.78 is 24.9. The highest BCUT2D eigenvalue weighted by Gasteiger charge is 2.16. The topological polar surface area (TPSA) is 61.4 Å². The van der Waals surface area contributed by atoms with E-state index in [4.69, 9.17) is 12.2 Å². The molecule has 0 bridgehead atoms. The van der Waals surface area contributed by atoms with Gasteiger partial charge in [-0.25, -0.2) is 12.7 Å². The van der Waals surface area contributed by atoms with Crippen molar-refractivity contribution in [3.05, 3.63) is 36.9 Å². The van der Waals surface area contributed by atoms with Crippen molar-refractivity contribution in [3.8, 4) is 0 Å². The first-order valence-corrected chi connectivity index (χ1v) is 7.41. The molecule has 0 atom stereocenters. The van der Waals surface area contributed by atoms with Crippen LogP contribution in [-0.2, 0) is 10.0 Å². The Morgan fingerprint density at radius 3 is 2.42 bits per heavy atom. The molecule has 5 nitrogen and oxygen atoms in total. The van der Waals surface area contributed by atoms with Crippen LogP contribution >= 0.6 is 12.2 Å². The highest BCUT2D eigenvalue weighted by atomic mass is 32.2. The summed E-state index contributed by atoms with van der Waals surface area (Å²) in [5.41, 5.74) is 0.722. The predicted molar refractivity (Wildman–Crippen MR) is 81.7 cm³/mol. The van der Waals surface area contributed by atoms with Crippen LogP contribution in [0.1, 0.15) is 0 Å². The van der Waals surface area contributed by atoms with Gasteiger partial charge in [-0.3, -0.25) is 0 Å². The molecule has 0 aliphatic carbocycles. The van der Waals surface area contributed by atoms with Gasteiger partial charge in [-0.2, -0.15) is 0 Å². The van der Waals surface area contributed by atoms with Gasteiger partial charge in [0.2, 0.25) is 10.0 Å². The van der Waals surface area contributed by atoms with E-state index in [1.165, 1.54) is 30.5 Å². The number of rotatable bonds is 5. The number of thiocarbonyl (C=S) groups is 1. The maximum Gasteiger partial charge on any atom is 0.242 e. The van der Waals surface area contributed by atoms with Gasteiger partial charge in [0.1, 0.15) is 0 Å². The third-order valence-corrected chi connectivity index (χ3v) is 4.37. The van der Waals surface area contributed by atoms with Gasteiger partial charge in [0.05, 0.1) is 4.90 Å². The van der Waals surface area contributed by atoms with Crippen molar-refractivity contribution < 1.29 is 8.42 Å². The number of nitrogens with zero attached hydrogens (tertiary/aromatic N) is 1. The van der Waals surface area contributed by atoms with Crippen molar-refractivity contribution in [1.82, 2.24) is 9.62 Å². The second kappa shape index (κ2) is 6.65. The van der Waals surface area contributed by atoms with Gasteiger partial charge < -0.3 is 10.6 Å². The van der Waals surface area contributed by atoms with Crippen molar-refractivity contribution >= 4 is 33.0 Å². The molecule has 0 aliphatic heterocycles. The van der Waals surface area contributed by atoms with Crippen LogP contribution in [0.25, 0.3) is 0 Å². The third-order valence-electron chi connectivity index (χ3n) is 2.30. The summed E-state index contributed by atoms with van der Waals surface area (Å²) in [5, 5.41) is 6.33. The summed E-state index contributed by atoms with van der Waals surface area (Å²) in [7, 11) is -0.401. The highest BCUT2D eigenvalue weighted by Crippen LogP contribution is 2.16. The van der Waals surface area contributed by atoms with Gasteiger partial charge in [-0.1, -0.05) is 6.08 Å². The van der Waals surface area contributed by atoms with E-state index in [0.717, 1.165) is 5.69 Å². The monoisotopic (exact) mass is 299 g/mol. The van der Waals surface area contributed by atoms with Gasteiger partial charge in [0.15, 0.2) is 5.11 Å². The Morgan fingerprint density at radius 1 is 1.37 bits per heavy atom. The normalized spacial score (nSPS) is 11.1. The summed E-state index contributed by atoms with van der Waals surface area (Å²) in [5.74, 6) is 0. The zero-order valence-electron chi connectivity index (χ0n) is 10.9. The van der Waals surface area contributed by atoms with E-state index in [1.807, 2.05) is 0 Å². The maximum atomic E-state index is 11.9. The van der Waals surface area contributed by atoms with Crippen LogP contribution < -0.4 is 10.6 Å². The molecular formula is C12H17N3O2S2. The van der Waals surface area contributed by atoms with E-state index >= 15 is 0 Å². The SMILES string of the molecule is C=CCNC(=S)Nc1ccc(S(=O)(=O)N(C)C)cc1. The van der Waals surface area contributed by atoms with E-state index in [9.17, 15) is 8.42 Å². The van der Waals surface area contributed by atoms with Crippen LogP contribution in [0.15, 0.2) is 41.8 Å². The van der Waals surface area contributed by atoms with E-state index in [1.54, 1.807) is 18.2 Å². The van der Waals surface area contributed by atoms with E-state index in [-0.39, 0.29) is 4.90 Å². The van der Waals surface area contributed by atoms with Crippen LogP contribution in [0.2, 0.25) is 0 Å². The summed E-state index contributed by atoms with van der Waals surface area (Å²) in [6.07, 6.45) is 1.70.